The maximum absolute atomic E-state index is 12.5. The van der Waals surface area contributed by atoms with E-state index in [0.29, 0.717) is 13.0 Å². The van der Waals surface area contributed by atoms with E-state index in [9.17, 15) is 4.79 Å². The third-order valence-electron chi connectivity index (χ3n) is 4.46. The van der Waals surface area contributed by atoms with Crippen molar-refractivity contribution < 1.29 is 4.79 Å². The number of hydrogen-bond donors (Lipinski definition) is 2. The Kier molecular flexibility index (Phi) is 4.23. The third-order valence-corrected chi connectivity index (χ3v) is 4.46. The van der Waals surface area contributed by atoms with Crippen LogP contribution in [0.3, 0.4) is 0 Å². The van der Waals surface area contributed by atoms with Crippen molar-refractivity contribution in [1.29, 1.82) is 0 Å². The molecule has 0 aliphatic heterocycles. The van der Waals surface area contributed by atoms with Gasteiger partial charge in [0.25, 0.3) is 0 Å². The van der Waals surface area contributed by atoms with Crippen LogP contribution in [0, 0.1) is 6.92 Å². The number of para-hydroxylation sites is 1. The van der Waals surface area contributed by atoms with E-state index in [1.54, 1.807) is 18.7 Å². The quantitative estimate of drug-likeness (QED) is 0.584. The molecule has 1 amide bonds. The van der Waals surface area contributed by atoms with Crippen molar-refractivity contribution in [3.63, 3.8) is 0 Å². The number of aromatic nitrogens is 4. The van der Waals surface area contributed by atoms with Gasteiger partial charge in [-0.1, -0.05) is 24.3 Å². The molecule has 6 heteroatoms. The van der Waals surface area contributed by atoms with E-state index in [1.807, 2.05) is 54.1 Å². The van der Waals surface area contributed by atoms with Gasteiger partial charge in [-0.25, -0.2) is 9.97 Å². The Labute approximate surface area is 150 Å². The molecular formula is C20H19N5O. The van der Waals surface area contributed by atoms with Gasteiger partial charge >= 0.3 is 0 Å². The first-order valence-corrected chi connectivity index (χ1v) is 8.47. The highest BCUT2D eigenvalue weighted by Gasteiger charge is 2.13. The number of nitrogens with one attached hydrogen (secondary N) is 2. The minimum atomic E-state index is -0.0155. The van der Waals surface area contributed by atoms with E-state index < -0.39 is 0 Å². The van der Waals surface area contributed by atoms with Crippen LogP contribution in [0.25, 0.3) is 16.7 Å². The first kappa shape index (κ1) is 16.1. The summed E-state index contributed by atoms with van der Waals surface area (Å²) in [5.74, 6) is 0.756. The molecule has 0 saturated heterocycles. The highest BCUT2D eigenvalue weighted by Crippen LogP contribution is 2.22. The molecule has 3 heterocycles. The molecule has 0 radical (unpaired) electrons. The fraction of sp³-hybridized carbons (Fsp3) is 0.150. The van der Waals surface area contributed by atoms with Gasteiger partial charge < -0.3 is 10.3 Å². The Bertz CT molecular complexity index is 1050. The van der Waals surface area contributed by atoms with Crippen LogP contribution >= 0.6 is 0 Å². The largest absolute Gasteiger partial charge is 0.358 e. The number of amides is 1. The van der Waals surface area contributed by atoms with Gasteiger partial charge in [0.05, 0.1) is 6.42 Å². The lowest BCUT2D eigenvalue weighted by atomic mass is 10.1. The number of hydrogen-bond acceptors (Lipinski definition) is 3. The second-order valence-corrected chi connectivity index (χ2v) is 6.18. The Hall–Kier alpha value is -3.41. The van der Waals surface area contributed by atoms with Gasteiger partial charge in [0.2, 0.25) is 5.91 Å². The topological polar surface area (TPSA) is 75.6 Å². The summed E-state index contributed by atoms with van der Waals surface area (Å²) in [7, 11) is 0. The highest BCUT2D eigenvalue weighted by molar-refractivity contribution is 5.90. The van der Waals surface area contributed by atoms with Crippen molar-refractivity contribution in [3.8, 4) is 5.82 Å². The summed E-state index contributed by atoms with van der Waals surface area (Å²) < 4.78 is 1.84. The molecule has 6 nitrogen and oxygen atoms in total. The van der Waals surface area contributed by atoms with Crippen LogP contribution in [0.15, 0.2) is 61.3 Å². The summed E-state index contributed by atoms with van der Waals surface area (Å²) in [6.45, 7) is 2.42. The number of carbonyl (C=O) groups excluding carboxylic acids is 1. The molecule has 130 valence electrons. The van der Waals surface area contributed by atoms with E-state index >= 15 is 0 Å². The molecule has 0 unspecified atom stereocenters. The summed E-state index contributed by atoms with van der Waals surface area (Å²) in [6.07, 6.45) is 7.31. The number of imidazole rings is 1. The van der Waals surface area contributed by atoms with Crippen LogP contribution < -0.4 is 5.32 Å². The van der Waals surface area contributed by atoms with Crippen LogP contribution in [-0.4, -0.2) is 25.4 Å². The van der Waals surface area contributed by atoms with Crippen LogP contribution in [-0.2, 0) is 17.8 Å². The number of aromatic amines is 1. The smallest absolute Gasteiger partial charge is 0.224 e. The molecule has 0 bridgehead atoms. The monoisotopic (exact) mass is 345 g/mol. The molecule has 0 aliphatic carbocycles. The highest BCUT2D eigenvalue weighted by atomic mass is 16.1. The van der Waals surface area contributed by atoms with Crippen molar-refractivity contribution in [2.45, 2.75) is 19.9 Å². The van der Waals surface area contributed by atoms with Crippen molar-refractivity contribution >= 4 is 16.8 Å². The molecular weight excluding hydrogens is 326 g/mol. The van der Waals surface area contributed by atoms with Gasteiger partial charge in [0.1, 0.15) is 12.1 Å². The lowest BCUT2D eigenvalue weighted by Gasteiger charge is -2.10. The molecule has 0 aliphatic rings. The predicted molar refractivity (Wildman–Crippen MR) is 99.9 cm³/mol. The first-order chi connectivity index (χ1) is 12.7. The lowest BCUT2D eigenvalue weighted by Crippen LogP contribution is -2.25. The molecule has 0 fully saturated rings. The van der Waals surface area contributed by atoms with Crippen LogP contribution in [0.5, 0.6) is 0 Å². The molecule has 26 heavy (non-hydrogen) atoms. The molecule has 4 aromatic rings. The Morgan fingerprint density at radius 1 is 1.19 bits per heavy atom. The zero-order valence-electron chi connectivity index (χ0n) is 14.4. The van der Waals surface area contributed by atoms with E-state index in [4.69, 9.17) is 0 Å². The van der Waals surface area contributed by atoms with E-state index in [0.717, 1.165) is 33.5 Å². The summed E-state index contributed by atoms with van der Waals surface area (Å²) >= 11 is 0. The zero-order chi connectivity index (χ0) is 17.9. The van der Waals surface area contributed by atoms with Gasteiger partial charge in [-0.2, -0.15) is 0 Å². The zero-order valence-corrected chi connectivity index (χ0v) is 14.4. The summed E-state index contributed by atoms with van der Waals surface area (Å²) in [5, 5.41) is 4.10. The fourth-order valence-corrected chi connectivity index (χ4v) is 3.16. The first-order valence-electron chi connectivity index (χ1n) is 8.47. The fourth-order valence-electron chi connectivity index (χ4n) is 3.16. The van der Waals surface area contributed by atoms with Gasteiger partial charge in [-0.3, -0.25) is 9.36 Å². The number of rotatable bonds is 5. The van der Waals surface area contributed by atoms with Gasteiger partial charge in [0.15, 0.2) is 0 Å². The van der Waals surface area contributed by atoms with Crippen molar-refractivity contribution in [1.82, 2.24) is 24.8 Å². The van der Waals surface area contributed by atoms with Crippen molar-refractivity contribution in [2.24, 2.45) is 0 Å². The third kappa shape index (κ3) is 3.09. The molecule has 0 atom stereocenters. The molecule has 3 aromatic heterocycles. The average molecular weight is 345 g/mol. The van der Waals surface area contributed by atoms with E-state index in [-0.39, 0.29) is 5.91 Å². The Morgan fingerprint density at radius 2 is 2.08 bits per heavy atom. The van der Waals surface area contributed by atoms with Gasteiger partial charge in [-0.05, 0) is 24.6 Å². The number of pyridine rings is 1. The second-order valence-electron chi connectivity index (χ2n) is 6.18. The van der Waals surface area contributed by atoms with Crippen molar-refractivity contribution in [2.75, 3.05) is 0 Å². The normalized spacial score (nSPS) is 11.0. The number of carbonyl (C=O) groups is 1. The van der Waals surface area contributed by atoms with Crippen LogP contribution in [0.2, 0.25) is 0 Å². The SMILES string of the molecule is Cc1[nH]c2ccccc2c1CC(=O)NCc1cccnc1-n1ccnc1. The number of benzene rings is 1. The standard InChI is InChI=1S/C20H19N5O/c1-14-17(16-6-2-3-7-18(16)24-14)11-19(26)23-12-15-5-4-8-22-20(15)25-10-9-21-13-25/h2-10,13,24H,11-12H2,1H3,(H,23,26). The van der Waals surface area contributed by atoms with E-state index in [1.165, 1.54) is 0 Å². The number of fused-ring (bicyclic) bond motifs is 1. The summed E-state index contributed by atoms with van der Waals surface area (Å²) in [4.78, 5) is 24.3. The Morgan fingerprint density at radius 3 is 2.92 bits per heavy atom. The minimum Gasteiger partial charge on any atom is -0.358 e. The molecule has 1 aromatic carbocycles. The van der Waals surface area contributed by atoms with Gasteiger partial charge in [0, 0.05) is 47.3 Å². The van der Waals surface area contributed by atoms with Crippen molar-refractivity contribution in [3.05, 3.63) is 78.1 Å². The van der Waals surface area contributed by atoms with Crippen LogP contribution in [0.4, 0.5) is 0 Å². The maximum Gasteiger partial charge on any atom is 0.224 e. The minimum absolute atomic E-state index is 0.0155. The number of nitrogens with zero attached hydrogens (tertiary/aromatic N) is 3. The predicted octanol–water partition coefficient (Wildman–Crippen LogP) is 2.92. The van der Waals surface area contributed by atoms with E-state index in [2.05, 4.69) is 20.3 Å². The van der Waals surface area contributed by atoms with Gasteiger partial charge in [-0.15, -0.1) is 0 Å². The maximum atomic E-state index is 12.5. The lowest BCUT2D eigenvalue weighted by molar-refractivity contribution is -0.120. The second kappa shape index (κ2) is 6.84. The molecule has 4 rings (SSSR count). The Balaban J connectivity index is 1.49. The number of aryl methyl sites for hydroxylation is 1. The molecule has 0 spiro atoms. The molecule has 0 saturated carbocycles. The average Bonchev–Trinajstić information content (AvgIpc) is 3.29. The number of H-pyrrole nitrogens is 1. The molecule has 2 N–H and O–H groups in total. The van der Waals surface area contributed by atoms with Crippen LogP contribution in [0.1, 0.15) is 16.8 Å². The summed E-state index contributed by atoms with van der Waals surface area (Å²) in [5.41, 5.74) is 4.07. The summed E-state index contributed by atoms with van der Waals surface area (Å²) in [6, 6.07) is 11.9.